The maximum absolute atomic E-state index is 14.4. The summed E-state index contributed by atoms with van der Waals surface area (Å²) in [6.07, 6.45) is -3.86. The van der Waals surface area contributed by atoms with Crippen LogP contribution in [0.5, 0.6) is 0 Å². The second kappa shape index (κ2) is 7.15. The van der Waals surface area contributed by atoms with E-state index in [1.165, 1.54) is 0 Å². The molecule has 0 saturated heterocycles. The summed E-state index contributed by atoms with van der Waals surface area (Å²) in [7, 11) is 0. The number of hydrogen-bond acceptors (Lipinski definition) is 6. The van der Waals surface area contributed by atoms with Crippen LogP contribution in [0.15, 0.2) is 35.6 Å². The molecule has 0 saturated carbocycles. The Morgan fingerprint density at radius 2 is 1.87 bits per heavy atom. The van der Waals surface area contributed by atoms with Crippen LogP contribution in [0.3, 0.4) is 0 Å². The number of alkyl halides is 5. The van der Waals surface area contributed by atoms with Crippen molar-refractivity contribution in [1.29, 1.82) is 0 Å². The molecule has 1 amide bonds. The summed E-state index contributed by atoms with van der Waals surface area (Å²) in [5.74, 6) is -6.32. The first kappa shape index (κ1) is 21.3. The van der Waals surface area contributed by atoms with Gasteiger partial charge in [0.05, 0.1) is 5.56 Å². The lowest BCUT2D eigenvalue weighted by molar-refractivity contribution is -0.138. The Bertz CT molecular complexity index is 1010. The van der Waals surface area contributed by atoms with Crippen molar-refractivity contribution in [3.05, 3.63) is 53.4 Å². The minimum absolute atomic E-state index is 0.141. The van der Waals surface area contributed by atoms with Gasteiger partial charge in [-0.25, -0.2) is 19.4 Å². The van der Waals surface area contributed by atoms with Gasteiger partial charge in [-0.1, -0.05) is 0 Å². The Hall–Kier alpha value is -3.38. The van der Waals surface area contributed by atoms with Gasteiger partial charge in [-0.05, 0) is 25.1 Å². The number of anilines is 1. The molecule has 7 nitrogen and oxygen atoms in total. The first-order valence-electron chi connectivity index (χ1n) is 8.20. The molecule has 0 aliphatic carbocycles. The van der Waals surface area contributed by atoms with Crippen LogP contribution < -0.4 is 11.1 Å². The summed E-state index contributed by atoms with van der Waals surface area (Å²) in [6.45, 7) is -0.181. The number of nitrogens with two attached hydrogens (primary N) is 1. The lowest BCUT2D eigenvalue weighted by Gasteiger charge is -2.37. The Balaban J connectivity index is 1.90. The number of nitrogens with zero attached hydrogens (tertiary/aromatic N) is 3. The number of carbonyl (C=O) groups excluding carboxylic acids is 1. The summed E-state index contributed by atoms with van der Waals surface area (Å²) in [6, 6.07) is 2.23. The number of halogens is 6. The molecule has 0 fully saturated rings. The average molecular weight is 433 g/mol. The number of nitrogens with one attached hydrogen (secondary N) is 1. The molecule has 3 rings (SSSR count). The Morgan fingerprint density at radius 3 is 2.47 bits per heavy atom. The predicted octanol–water partition coefficient (Wildman–Crippen LogP) is 3.08. The van der Waals surface area contributed by atoms with Gasteiger partial charge >= 0.3 is 12.1 Å². The Morgan fingerprint density at radius 1 is 1.23 bits per heavy atom. The van der Waals surface area contributed by atoms with Crippen molar-refractivity contribution in [2.45, 2.75) is 24.6 Å². The molecule has 1 aromatic carbocycles. The number of carbonyl (C=O) groups is 1. The molecule has 1 aromatic heterocycles. The van der Waals surface area contributed by atoms with Gasteiger partial charge in [0.15, 0.2) is 12.1 Å². The van der Waals surface area contributed by atoms with E-state index in [0.717, 1.165) is 25.1 Å². The van der Waals surface area contributed by atoms with E-state index in [0.29, 0.717) is 12.4 Å². The van der Waals surface area contributed by atoms with E-state index in [1.54, 1.807) is 0 Å². The third kappa shape index (κ3) is 3.86. The normalized spacial score (nSPS) is 20.8. The summed E-state index contributed by atoms with van der Waals surface area (Å²) < 4.78 is 85.4. The zero-order valence-electron chi connectivity index (χ0n) is 15.1. The Labute approximate surface area is 165 Å². The van der Waals surface area contributed by atoms with Gasteiger partial charge in [-0.2, -0.15) is 22.0 Å². The van der Waals surface area contributed by atoms with E-state index in [-0.39, 0.29) is 5.69 Å². The van der Waals surface area contributed by atoms with Gasteiger partial charge in [-0.15, -0.1) is 0 Å². The fraction of sp³-hybridized carbons (Fsp3) is 0.294. The van der Waals surface area contributed by atoms with Crippen LogP contribution in [0.4, 0.5) is 32.0 Å². The Kier molecular flexibility index (Phi) is 5.08. The lowest BCUT2D eigenvalue weighted by atomic mass is 9.85. The van der Waals surface area contributed by atoms with Gasteiger partial charge in [-0.3, -0.25) is 4.79 Å². The lowest BCUT2D eigenvalue weighted by Crippen LogP contribution is -2.51. The van der Waals surface area contributed by atoms with Crippen molar-refractivity contribution < 1.29 is 35.9 Å². The maximum atomic E-state index is 14.4. The molecular weight excluding hydrogens is 420 g/mol. The van der Waals surface area contributed by atoms with Crippen LogP contribution in [-0.4, -0.2) is 34.4 Å². The number of hydrogen-bond donors (Lipinski definition) is 2. The minimum atomic E-state index is -4.69. The van der Waals surface area contributed by atoms with Crippen molar-refractivity contribution in [2.24, 2.45) is 10.7 Å². The van der Waals surface area contributed by atoms with Crippen molar-refractivity contribution >= 4 is 17.6 Å². The van der Waals surface area contributed by atoms with E-state index >= 15 is 0 Å². The third-order valence-electron chi connectivity index (χ3n) is 4.38. The fourth-order valence-electron chi connectivity index (χ4n) is 2.65. The van der Waals surface area contributed by atoms with Crippen molar-refractivity contribution in [2.75, 3.05) is 11.9 Å². The summed E-state index contributed by atoms with van der Waals surface area (Å²) >= 11 is 0. The fourth-order valence-corrected chi connectivity index (χ4v) is 2.65. The molecule has 0 unspecified atom stereocenters. The monoisotopic (exact) mass is 433 g/mol. The summed E-state index contributed by atoms with van der Waals surface area (Å²) in [5.41, 5.74) is 1.06. The summed E-state index contributed by atoms with van der Waals surface area (Å²) in [5, 5.41) is 2.21. The first-order valence-corrected chi connectivity index (χ1v) is 8.20. The highest BCUT2D eigenvalue weighted by Gasteiger charge is 2.56. The molecule has 0 radical (unpaired) electrons. The molecule has 30 heavy (non-hydrogen) atoms. The van der Waals surface area contributed by atoms with Crippen molar-refractivity contribution in [1.82, 2.24) is 9.97 Å². The number of amidine groups is 1. The van der Waals surface area contributed by atoms with Gasteiger partial charge in [0.25, 0.3) is 11.9 Å². The zero-order valence-corrected chi connectivity index (χ0v) is 15.1. The number of benzene rings is 1. The van der Waals surface area contributed by atoms with Crippen LogP contribution >= 0.6 is 0 Å². The maximum Gasteiger partial charge on any atom is 0.419 e. The van der Waals surface area contributed by atoms with Crippen molar-refractivity contribution in [3.63, 3.8) is 0 Å². The van der Waals surface area contributed by atoms with Gasteiger partial charge < -0.3 is 15.8 Å². The number of aromatic nitrogens is 2. The highest BCUT2D eigenvalue weighted by molar-refractivity contribution is 6.01. The van der Waals surface area contributed by atoms with Gasteiger partial charge in [0.2, 0.25) is 5.82 Å². The van der Waals surface area contributed by atoms with E-state index in [4.69, 9.17) is 5.73 Å². The number of aliphatic imine (C=N–C) groups is 1. The molecule has 2 heterocycles. The average Bonchev–Trinajstić information content (AvgIpc) is 2.66. The van der Waals surface area contributed by atoms with Crippen LogP contribution in [0.1, 0.15) is 28.7 Å². The van der Waals surface area contributed by atoms with Crippen LogP contribution in [-0.2, 0) is 16.5 Å². The number of ether oxygens (including phenoxy) is 1. The van der Waals surface area contributed by atoms with Gasteiger partial charge in [0, 0.05) is 23.6 Å². The molecule has 3 N–H and O–H groups in total. The van der Waals surface area contributed by atoms with Crippen LogP contribution in [0.25, 0.3) is 0 Å². The largest absolute Gasteiger partial charge is 0.459 e. The van der Waals surface area contributed by atoms with Crippen LogP contribution in [0.2, 0.25) is 0 Å². The van der Waals surface area contributed by atoms with E-state index in [1.807, 2.05) is 0 Å². The highest BCUT2D eigenvalue weighted by Crippen LogP contribution is 2.44. The second-order valence-electron chi connectivity index (χ2n) is 6.46. The number of rotatable bonds is 3. The minimum Gasteiger partial charge on any atom is -0.459 e. The molecular formula is C17H13F6N5O2. The molecule has 1 aliphatic heterocycles. The molecule has 2 aromatic rings. The summed E-state index contributed by atoms with van der Waals surface area (Å²) in [4.78, 5) is 22.4. The smallest absolute Gasteiger partial charge is 0.419 e. The molecule has 0 bridgehead atoms. The number of amides is 1. The molecule has 160 valence electrons. The highest BCUT2D eigenvalue weighted by atomic mass is 19.4. The quantitative estimate of drug-likeness (QED) is 0.725. The van der Waals surface area contributed by atoms with Crippen LogP contribution in [0, 0.1) is 5.82 Å². The topological polar surface area (TPSA) is 102 Å². The molecule has 1 atom stereocenters. The molecule has 13 heteroatoms. The van der Waals surface area contributed by atoms with E-state index in [2.05, 4.69) is 25.0 Å². The SMILES string of the molecule is C[C@]1(c2cc(NC(=O)c3ncc(C(F)(F)F)cn3)ccc2F)N=C(N)OCC1(F)F. The first-order chi connectivity index (χ1) is 13.8. The second-order valence-corrected chi connectivity index (χ2v) is 6.46. The predicted molar refractivity (Wildman–Crippen MR) is 91.3 cm³/mol. The molecule has 1 aliphatic rings. The zero-order chi connectivity index (χ0) is 22.3. The van der Waals surface area contributed by atoms with Crippen molar-refractivity contribution in [3.8, 4) is 0 Å². The standard InChI is InChI=1S/C17H13F6N5O2/c1-15(16(19,20)7-30-14(24)28-15)10-4-9(2-3-11(10)18)27-13(29)12-25-5-8(6-26-12)17(21,22)23/h2-6H,7H2,1H3,(H2,24,28)(H,27,29)/t15-/m1/s1. The van der Waals surface area contributed by atoms with E-state index < -0.39 is 58.9 Å². The van der Waals surface area contributed by atoms with Gasteiger partial charge in [0.1, 0.15) is 5.82 Å². The third-order valence-corrected chi connectivity index (χ3v) is 4.38. The molecule has 0 spiro atoms. The van der Waals surface area contributed by atoms with E-state index in [9.17, 15) is 31.1 Å².